The molecular weight excluding hydrogens is 280 g/mol. The summed E-state index contributed by atoms with van der Waals surface area (Å²) >= 11 is 0. The molecule has 2 rings (SSSR count). The summed E-state index contributed by atoms with van der Waals surface area (Å²) in [4.78, 5) is 35.6. The lowest BCUT2D eigenvalue weighted by molar-refractivity contribution is -0.120. The Morgan fingerprint density at radius 3 is 2.81 bits per heavy atom. The van der Waals surface area contributed by atoms with E-state index in [0.29, 0.717) is 11.4 Å². The van der Waals surface area contributed by atoms with E-state index in [9.17, 15) is 14.4 Å². The normalized spacial score (nSPS) is 17.3. The van der Waals surface area contributed by atoms with Crippen molar-refractivity contribution in [3.8, 4) is 5.75 Å². The quantitative estimate of drug-likeness (QED) is 0.323. The Bertz CT molecular complexity index is 603. The molecule has 0 radical (unpaired) electrons. The molecule has 0 aliphatic carbocycles. The molecule has 0 spiro atoms. The highest BCUT2D eigenvalue weighted by molar-refractivity contribution is 6.02. The first-order valence-corrected chi connectivity index (χ1v) is 5.99. The van der Waals surface area contributed by atoms with Crippen molar-refractivity contribution in [3.05, 3.63) is 23.8 Å². The van der Waals surface area contributed by atoms with Crippen molar-refractivity contribution < 1.29 is 24.2 Å². The smallest absolute Gasteiger partial charge is 0.405 e. The summed E-state index contributed by atoms with van der Waals surface area (Å²) in [6, 6.07) is 3.43. The minimum Gasteiger partial charge on any atom is -0.489 e. The summed E-state index contributed by atoms with van der Waals surface area (Å²) in [6.07, 6.45) is -1.32. The molecule has 21 heavy (non-hydrogen) atoms. The summed E-state index contributed by atoms with van der Waals surface area (Å²) in [5, 5.41) is 10.8. The number of nitrogens with zero attached hydrogens (tertiary/aromatic N) is 1. The average Bonchev–Trinajstić information content (AvgIpc) is 2.58. The number of carbonyl (C=O) groups is 3. The number of hydrogen-bond acceptors (Lipinski definition) is 5. The van der Waals surface area contributed by atoms with Crippen LogP contribution in [0.5, 0.6) is 5.75 Å². The number of benzene rings is 1. The molecule has 0 aromatic heterocycles. The van der Waals surface area contributed by atoms with Crippen molar-refractivity contribution in [3.63, 3.8) is 0 Å². The number of carbonyl (C=O) groups excluding carboxylic acids is 2. The van der Waals surface area contributed by atoms with E-state index < -0.39 is 23.9 Å². The van der Waals surface area contributed by atoms with E-state index in [1.54, 1.807) is 0 Å². The fourth-order valence-corrected chi connectivity index (χ4v) is 1.98. The van der Waals surface area contributed by atoms with Crippen LogP contribution in [0, 0.1) is 0 Å². The summed E-state index contributed by atoms with van der Waals surface area (Å²) < 4.78 is 5.42. The number of nitrogens with one attached hydrogen (secondary N) is 2. The molecule has 1 unspecified atom stereocenters. The third-order valence-electron chi connectivity index (χ3n) is 3.05. The van der Waals surface area contributed by atoms with Crippen molar-refractivity contribution in [1.82, 2.24) is 10.7 Å². The lowest BCUT2D eigenvalue weighted by Crippen LogP contribution is -2.48. The van der Waals surface area contributed by atoms with Crippen LogP contribution in [-0.2, 0) is 4.79 Å². The van der Waals surface area contributed by atoms with Crippen LogP contribution in [-0.4, -0.2) is 42.7 Å². The number of nitrogens with two attached hydrogens (primary N) is 1. The SMILES string of the molecule is CN1C(=O)C(NC(=O)O)COc2ccc(C(=O)NN)cc21. The Morgan fingerprint density at radius 2 is 2.19 bits per heavy atom. The van der Waals surface area contributed by atoms with E-state index in [2.05, 4.69) is 5.32 Å². The number of likely N-dealkylation sites (N-methyl/N-ethyl adjacent to an activating group) is 1. The number of amides is 3. The predicted octanol–water partition coefficient (Wildman–Crippen LogP) is -0.718. The minimum absolute atomic E-state index is 0.134. The summed E-state index contributed by atoms with van der Waals surface area (Å²) in [5.74, 6) is 4.44. The number of hydrogen-bond donors (Lipinski definition) is 4. The van der Waals surface area contributed by atoms with Crippen LogP contribution >= 0.6 is 0 Å². The number of ether oxygens (including phenoxy) is 1. The molecule has 1 aliphatic heterocycles. The van der Waals surface area contributed by atoms with Gasteiger partial charge in [0.1, 0.15) is 18.4 Å². The fraction of sp³-hybridized carbons (Fsp3) is 0.250. The molecule has 3 amide bonds. The molecule has 1 aliphatic rings. The highest BCUT2D eigenvalue weighted by Gasteiger charge is 2.30. The zero-order chi connectivity index (χ0) is 15.6. The molecular formula is C12H14N4O5. The fourth-order valence-electron chi connectivity index (χ4n) is 1.98. The van der Waals surface area contributed by atoms with Crippen molar-refractivity contribution in [2.75, 3.05) is 18.6 Å². The monoisotopic (exact) mass is 294 g/mol. The van der Waals surface area contributed by atoms with Gasteiger partial charge in [0.15, 0.2) is 0 Å². The first kappa shape index (κ1) is 14.6. The number of carboxylic acid groups (broad SMARTS) is 1. The van der Waals surface area contributed by atoms with Crippen molar-refractivity contribution in [2.45, 2.75) is 6.04 Å². The Balaban J connectivity index is 2.35. The Kier molecular flexibility index (Phi) is 3.94. The molecule has 0 fully saturated rings. The summed E-state index contributed by atoms with van der Waals surface area (Å²) in [6.45, 7) is -0.134. The third-order valence-corrected chi connectivity index (χ3v) is 3.05. The van der Waals surface area contributed by atoms with Crippen LogP contribution in [0.3, 0.4) is 0 Å². The number of nitrogen functional groups attached to an aromatic ring is 1. The molecule has 1 heterocycles. The number of anilines is 1. The van der Waals surface area contributed by atoms with E-state index in [-0.39, 0.29) is 12.2 Å². The summed E-state index contributed by atoms with van der Waals surface area (Å²) in [5.41, 5.74) is 2.60. The Hall–Kier alpha value is -2.81. The maximum atomic E-state index is 12.2. The van der Waals surface area contributed by atoms with Gasteiger partial charge in [-0.3, -0.25) is 15.0 Å². The van der Waals surface area contributed by atoms with Crippen LogP contribution in [0.1, 0.15) is 10.4 Å². The largest absolute Gasteiger partial charge is 0.489 e. The second kappa shape index (κ2) is 5.67. The molecule has 0 saturated heterocycles. The van der Waals surface area contributed by atoms with Crippen LogP contribution < -0.4 is 26.2 Å². The number of rotatable bonds is 2. The van der Waals surface area contributed by atoms with Gasteiger partial charge in [-0.25, -0.2) is 10.6 Å². The number of fused-ring (bicyclic) bond motifs is 1. The van der Waals surface area contributed by atoms with Crippen LogP contribution in [0.2, 0.25) is 0 Å². The zero-order valence-corrected chi connectivity index (χ0v) is 11.1. The molecule has 112 valence electrons. The average molecular weight is 294 g/mol. The Morgan fingerprint density at radius 1 is 1.48 bits per heavy atom. The lowest BCUT2D eigenvalue weighted by Gasteiger charge is -2.19. The van der Waals surface area contributed by atoms with Gasteiger partial charge < -0.3 is 20.1 Å². The minimum atomic E-state index is -1.32. The predicted molar refractivity (Wildman–Crippen MR) is 71.9 cm³/mol. The molecule has 9 heteroatoms. The standard InChI is InChI=1S/C12H14N4O5/c1-16-8-4-6(10(17)15-13)2-3-9(8)21-5-7(11(16)18)14-12(19)20/h2-4,7,14H,5,13H2,1H3,(H,15,17)(H,19,20). The third kappa shape index (κ3) is 2.87. The second-order valence-corrected chi connectivity index (χ2v) is 4.37. The van der Waals surface area contributed by atoms with Gasteiger partial charge in [-0.05, 0) is 18.2 Å². The van der Waals surface area contributed by atoms with Crippen LogP contribution in [0.25, 0.3) is 0 Å². The Labute approximate surface area is 119 Å². The molecule has 0 saturated carbocycles. The van der Waals surface area contributed by atoms with Gasteiger partial charge >= 0.3 is 6.09 Å². The molecule has 9 nitrogen and oxygen atoms in total. The van der Waals surface area contributed by atoms with Crippen LogP contribution in [0.15, 0.2) is 18.2 Å². The molecule has 1 aromatic rings. The first-order chi connectivity index (χ1) is 9.93. The van der Waals surface area contributed by atoms with E-state index in [1.165, 1.54) is 30.1 Å². The van der Waals surface area contributed by atoms with E-state index in [0.717, 1.165) is 0 Å². The van der Waals surface area contributed by atoms with Gasteiger partial charge in [0.25, 0.3) is 11.8 Å². The van der Waals surface area contributed by atoms with Crippen LogP contribution in [0.4, 0.5) is 10.5 Å². The van der Waals surface area contributed by atoms with Gasteiger partial charge in [-0.15, -0.1) is 0 Å². The van der Waals surface area contributed by atoms with E-state index in [4.69, 9.17) is 15.7 Å². The van der Waals surface area contributed by atoms with Crippen molar-refractivity contribution >= 4 is 23.6 Å². The highest BCUT2D eigenvalue weighted by Crippen LogP contribution is 2.31. The van der Waals surface area contributed by atoms with Crippen molar-refractivity contribution in [2.24, 2.45) is 5.84 Å². The van der Waals surface area contributed by atoms with Gasteiger partial charge in [0, 0.05) is 12.6 Å². The highest BCUT2D eigenvalue weighted by atomic mass is 16.5. The molecule has 5 N–H and O–H groups in total. The topological polar surface area (TPSA) is 134 Å². The lowest BCUT2D eigenvalue weighted by atomic mass is 10.1. The summed E-state index contributed by atoms with van der Waals surface area (Å²) in [7, 11) is 1.47. The van der Waals surface area contributed by atoms with Gasteiger partial charge in [-0.1, -0.05) is 0 Å². The number of hydrazine groups is 1. The molecule has 0 bridgehead atoms. The first-order valence-electron chi connectivity index (χ1n) is 5.99. The maximum absolute atomic E-state index is 12.2. The molecule has 1 atom stereocenters. The van der Waals surface area contributed by atoms with Crippen molar-refractivity contribution in [1.29, 1.82) is 0 Å². The van der Waals surface area contributed by atoms with Gasteiger partial charge in [0.2, 0.25) is 0 Å². The maximum Gasteiger partial charge on any atom is 0.405 e. The second-order valence-electron chi connectivity index (χ2n) is 4.37. The van der Waals surface area contributed by atoms with Gasteiger partial charge in [-0.2, -0.15) is 0 Å². The van der Waals surface area contributed by atoms with E-state index >= 15 is 0 Å². The molecule has 1 aromatic carbocycles. The van der Waals surface area contributed by atoms with Gasteiger partial charge in [0.05, 0.1) is 5.69 Å². The van der Waals surface area contributed by atoms with E-state index in [1.807, 2.05) is 5.43 Å². The zero-order valence-electron chi connectivity index (χ0n) is 11.1.